The molecule has 5 nitrogen and oxygen atoms in total. The van der Waals surface area contributed by atoms with Crippen molar-refractivity contribution < 1.29 is 23.6 Å². The summed E-state index contributed by atoms with van der Waals surface area (Å²) in [6.45, 7) is 10.3. The van der Waals surface area contributed by atoms with Gasteiger partial charge in [0.15, 0.2) is 0 Å². The molecule has 0 aliphatic carbocycles. The maximum atomic E-state index is 11.8. The van der Waals surface area contributed by atoms with Crippen molar-refractivity contribution in [3.05, 3.63) is 10.9 Å². The first-order chi connectivity index (χ1) is 9.73. The summed E-state index contributed by atoms with van der Waals surface area (Å²) in [6.07, 6.45) is 0. The molecule has 2 heterocycles. The molecule has 0 unspecified atom stereocenters. The Bertz CT molecular complexity index is 521. The highest BCUT2D eigenvalue weighted by Gasteiger charge is 2.53. The number of hydrogen-bond donors (Lipinski definition) is 0. The molecule has 0 N–H and O–H groups in total. The van der Waals surface area contributed by atoms with Crippen molar-refractivity contribution in [2.75, 3.05) is 13.7 Å². The Kier molecular flexibility index (Phi) is 4.37. The van der Waals surface area contributed by atoms with E-state index < -0.39 is 24.3 Å². The molecule has 0 amide bonds. The second kappa shape index (κ2) is 5.63. The van der Waals surface area contributed by atoms with Gasteiger partial charge in [-0.05, 0) is 34.6 Å². The lowest BCUT2D eigenvalue weighted by molar-refractivity contribution is 0.00578. The van der Waals surface area contributed by atoms with Crippen LogP contribution in [-0.4, -0.2) is 38.0 Å². The summed E-state index contributed by atoms with van der Waals surface area (Å²) in [5.41, 5.74) is -0.457. The van der Waals surface area contributed by atoms with Crippen molar-refractivity contribution in [1.29, 1.82) is 0 Å². The van der Waals surface area contributed by atoms with Gasteiger partial charge in [-0.1, -0.05) is 0 Å². The quantitative estimate of drug-likeness (QED) is 0.630. The van der Waals surface area contributed by atoms with E-state index in [2.05, 4.69) is 0 Å². The van der Waals surface area contributed by atoms with Crippen molar-refractivity contribution in [2.45, 2.75) is 45.8 Å². The van der Waals surface area contributed by atoms with E-state index in [1.54, 1.807) is 5.38 Å². The normalized spacial score (nSPS) is 19.6. The zero-order valence-electron chi connectivity index (χ0n) is 13.3. The third-order valence-electron chi connectivity index (χ3n) is 3.93. The van der Waals surface area contributed by atoms with E-state index in [0.29, 0.717) is 17.9 Å². The zero-order valence-corrected chi connectivity index (χ0v) is 14.1. The van der Waals surface area contributed by atoms with Gasteiger partial charge in [0.2, 0.25) is 0 Å². The van der Waals surface area contributed by atoms with Gasteiger partial charge in [-0.25, -0.2) is 4.79 Å². The molecule has 0 saturated carbocycles. The van der Waals surface area contributed by atoms with Crippen LogP contribution in [0.4, 0.5) is 0 Å². The molecule has 116 valence electrons. The van der Waals surface area contributed by atoms with Crippen LogP contribution in [0.15, 0.2) is 5.38 Å². The maximum Gasteiger partial charge on any atom is 0.509 e. The van der Waals surface area contributed by atoms with Crippen LogP contribution in [0.3, 0.4) is 0 Å². The number of esters is 1. The average molecular weight is 312 g/mol. The van der Waals surface area contributed by atoms with Gasteiger partial charge < -0.3 is 18.8 Å². The molecule has 1 aromatic heterocycles. The fraction of sp³-hybridized carbons (Fsp3) is 0.643. The lowest BCUT2D eigenvalue weighted by atomic mass is 9.86. The van der Waals surface area contributed by atoms with E-state index in [0.717, 1.165) is 4.78 Å². The summed E-state index contributed by atoms with van der Waals surface area (Å²) in [7, 11) is 0.810. The number of carbonyl (C=O) groups excluding carboxylic acids is 1. The minimum absolute atomic E-state index is 0.411. The molecule has 1 aliphatic rings. The molecule has 1 saturated heterocycles. The van der Waals surface area contributed by atoms with Crippen LogP contribution in [-0.2, 0) is 14.0 Å². The number of thiophene rings is 1. The number of rotatable bonds is 4. The predicted octanol–water partition coefficient (Wildman–Crippen LogP) is 2.23. The Morgan fingerprint density at radius 2 is 1.86 bits per heavy atom. The first-order valence-electron chi connectivity index (χ1n) is 6.91. The average Bonchev–Trinajstić information content (AvgIpc) is 2.88. The van der Waals surface area contributed by atoms with E-state index in [1.807, 2.05) is 34.6 Å². The van der Waals surface area contributed by atoms with Crippen LogP contribution >= 0.6 is 11.3 Å². The minimum atomic E-state index is -0.542. The summed E-state index contributed by atoms with van der Waals surface area (Å²) < 4.78 is 23.2. The third-order valence-corrected chi connectivity index (χ3v) is 4.92. The van der Waals surface area contributed by atoms with Gasteiger partial charge in [-0.15, -0.1) is 11.3 Å². The minimum Gasteiger partial charge on any atom is -0.492 e. The Labute approximate surface area is 129 Å². The van der Waals surface area contributed by atoms with Crippen LogP contribution in [0.2, 0.25) is 0 Å². The highest BCUT2D eigenvalue weighted by atomic mass is 32.1. The SMILES string of the molecule is CCOc1c(C(=O)OC)csc1B1OC(C)(C)C(C)(C)O1. The molecular formula is C14H21BO5S. The van der Waals surface area contributed by atoms with Crippen LogP contribution in [0.1, 0.15) is 45.0 Å². The number of ether oxygens (including phenoxy) is 2. The maximum absolute atomic E-state index is 11.8. The number of hydrogen-bond acceptors (Lipinski definition) is 6. The molecule has 7 heteroatoms. The van der Waals surface area contributed by atoms with E-state index >= 15 is 0 Å². The smallest absolute Gasteiger partial charge is 0.492 e. The summed E-state index contributed by atoms with van der Waals surface area (Å²) in [5.74, 6) is 0.0744. The van der Waals surface area contributed by atoms with Crippen LogP contribution in [0.25, 0.3) is 0 Å². The Hall–Kier alpha value is -1.05. The van der Waals surface area contributed by atoms with Crippen molar-refractivity contribution in [1.82, 2.24) is 0 Å². The molecule has 21 heavy (non-hydrogen) atoms. The van der Waals surface area contributed by atoms with Crippen LogP contribution in [0, 0.1) is 0 Å². The van der Waals surface area contributed by atoms with Gasteiger partial charge in [0.25, 0.3) is 0 Å². The molecular weight excluding hydrogens is 291 g/mol. The molecule has 2 rings (SSSR count). The number of methoxy groups -OCH3 is 1. The van der Waals surface area contributed by atoms with Crippen LogP contribution < -0.4 is 9.51 Å². The zero-order chi connectivity index (χ0) is 15.8. The monoisotopic (exact) mass is 312 g/mol. The highest BCUT2D eigenvalue weighted by molar-refractivity contribution is 7.21. The second-order valence-corrected chi connectivity index (χ2v) is 6.77. The van der Waals surface area contributed by atoms with E-state index in [9.17, 15) is 4.79 Å². The summed E-state index contributed by atoms with van der Waals surface area (Å²) in [4.78, 5) is 11.8. The first kappa shape index (κ1) is 16.3. The van der Waals surface area contributed by atoms with Gasteiger partial charge in [0.05, 0.1) is 29.7 Å². The molecule has 0 spiro atoms. The van der Waals surface area contributed by atoms with E-state index in [-0.39, 0.29) is 0 Å². The molecule has 0 bridgehead atoms. The van der Waals surface area contributed by atoms with Crippen molar-refractivity contribution >= 4 is 29.2 Å². The molecule has 1 aliphatic heterocycles. The predicted molar refractivity (Wildman–Crippen MR) is 82.5 cm³/mol. The van der Waals surface area contributed by atoms with Crippen molar-refractivity contribution in [2.24, 2.45) is 0 Å². The van der Waals surface area contributed by atoms with Gasteiger partial charge in [0, 0.05) is 5.38 Å². The fourth-order valence-corrected chi connectivity index (χ4v) is 2.95. The van der Waals surface area contributed by atoms with Gasteiger partial charge in [-0.3, -0.25) is 0 Å². The van der Waals surface area contributed by atoms with Crippen molar-refractivity contribution in [3.63, 3.8) is 0 Å². The summed E-state index contributed by atoms with van der Waals surface area (Å²) in [6, 6.07) is 0. The topological polar surface area (TPSA) is 54.0 Å². The standard InChI is InChI=1S/C14H21BO5S/c1-7-18-10-9(12(16)17-6)8-21-11(10)15-19-13(2,3)14(4,5)20-15/h8H,7H2,1-6H3. The first-order valence-corrected chi connectivity index (χ1v) is 7.79. The van der Waals surface area contributed by atoms with Crippen molar-refractivity contribution in [3.8, 4) is 5.75 Å². The molecule has 1 aromatic rings. The molecule has 0 radical (unpaired) electrons. The summed E-state index contributed by atoms with van der Waals surface area (Å²) in [5, 5.41) is 1.72. The lowest BCUT2D eigenvalue weighted by Gasteiger charge is -2.32. The third kappa shape index (κ3) is 2.82. The van der Waals surface area contributed by atoms with Gasteiger partial charge in [-0.2, -0.15) is 0 Å². The fourth-order valence-electron chi connectivity index (χ4n) is 2.02. The second-order valence-electron chi connectivity index (χ2n) is 5.86. The number of carbonyl (C=O) groups is 1. The Balaban J connectivity index is 2.37. The Morgan fingerprint density at radius 3 is 2.33 bits per heavy atom. The van der Waals surface area contributed by atoms with E-state index in [1.165, 1.54) is 18.4 Å². The van der Waals surface area contributed by atoms with E-state index in [4.69, 9.17) is 18.8 Å². The largest absolute Gasteiger partial charge is 0.509 e. The molecule has 0 atom stereocenters. The molecule has 1 fully saturated rings. The van der Waals surface area contributed by atoms with Crippen LogP contribution in [0.5, 0.6) is 5.75 Å². The highest BCUT2D eigenvalue weighted by Crippen LogP contribution is 2.38. The van der Waals surface area contributed by atoms with Gasteiger partial charge >= 0.3 is 13.1 Å². The Morgan fingerprint density at radius 1 is 1.29 bits per heavy atom. The molecule has 0 aromatic carbocycles. The van der Waals surface area contributed by atoms with Gasteiger partial charge in [0.1, 0.15) is 11.3 Å². The lowest BCUT2D eigenvalue weighted by Crippen LogP contribution is -2.41. The summed E-state index contributed by atoms with van der Waals surface area (Å²) >= 11 is 1.38.